The van der Waals surface area contributed by atoms with Gasteiger partial charge in [-0.1, -0.05) is 80.4 Å². The Morgan fingerprint density at radius 2 is 1.39 bits per heavy atom. The summed E-state index contributed by atoms with van der Waals surface area (Å²) >= 11 is 12.6. The van der Waals surface area contributed by atoms with Crippen LogP contribution in [0.3, 0.4) is 0 Å². The Hall–Kier alpha value is -2.30. The molecule has 6 heteroatoms. The number of carbonyl (C=O) groups is 2. The number of carboxylic acid groups (broad SMARTS) is 2. The molecule has 1 aromatic rings. The molecule has 0 saturated heterocycles. The molecule has 3 rings (SSSR count). The van der Waals surface area contributed by atoms with Gasteiger partial charge in [0.15, 0.2) is 0 Å². The molecular formula is C25H26Cl2O4. The lowest BCUT2D eigenvalue weighted by Crippen LogP contribution is -2.43. The second-order valence-corrected chi connectivity index (χ2v) is 10.3. The Morgan fingerprint density at radius 3 is 1.84 bits per heavy atom. The van der Waals surface area contributed by atoms with Crippen molar-refractivity contribution in [1.82, 2.24) is 0 Å². The second kappa shape index (κ2) is 7.99. The third-order valence-corrected chi connectivity index (χ3v) is 6.62. The minimum Gasteiger partial charge on any atom is -0.480 e. The van der Waals surface area contributed by atoms with Crippen LogP contribution in [0.4, 0.5) is 0 Å². The van der Waals surface area contributed by atoms with Crippen molar-refractivity contribution < 1.29 is 19.8 Å². The number of hydrogen-bond donors (Lipinski definition) is 2. The van der Waals surface area contributed by atoms with Crippen LogP contribution < -0.4 is 0 Å². The Balaban J connectivity index is 2.46. The highest BCUT2D eigenvalue weighted by Gasteiger charge is 2.49. The molecule has 1 aromatic carbocycles. The van der Waals surface area contributed by atoms with Gasteiger partial charge in [-0.05, 0) is 46.7 Å². The number of hydrogen-bond acceptors (Lipinski definition) is 2. The van der Waals surface area contributed by atoms with E-state index < -0.39 is 22.8 Å². The van der Waals surface area contributed by atoms with Crippen molar-refractivity contribution in [3.05, 3.63) is 80.9 Å². The monoisotopic (exact) mass is 460 g/mol. The molecule has 164 valence electrons. The number of aliphatic carboxylic acids is 2. The summed E-state index contributed by atoms with van der Waals surface area (Å²) in [4.78, 5) is 25.4. The van der Waals surface area contributed by atoms with E-state index in [4.69, 9.17) is 23.2 Å². The summed E-state index contributed by atoms with van der Waals surface area (Å²) in [5, 5.41) is 21.6. The van der Waals surface area contributed by atoms with Gasteiger partial charge in [0.25, 0.3) is 0 Å². The summed E-state index contributed by atoms with van der Waals surface area (Å²) in [6, 6.07) is 3.78. The van der Waals surface area contributed by atoms with Gasteiger partial charge in [-0.2, -0.15) is 0 Å². The number of allylic oxidation sites excluding steroid dienone is 6. The van der Waals surface area contributed by atoms with Crippen molar-refractivity contribution in [1.29, 1.82) is 0 Å². The molecule has 0 heterocycles. The highest BCUT2D eigenvalue weighted by molar-refractivity contribution is 6.30. The first kappa shape index (κ1) is 23.4. The summed E-state index contributed by atoms with van der Waals surface area (Å²) in [5.41, 5.74) is -0.722. The van der Waals surface area contributed by atoms with Crippen LogP contribution in [0, 0.1) is 6.92 Å². The van der Waals surface area contributed by atoms with E-state index in [-0.39, 0.29) is 18.3 Å². The third kappa shape index (κ3) is 3.99. The highest BCUT2D eigenvalue weighted by atomic mass is 35.5. The van der Waals surface area contributed by atoms with Crippen LogP contribution in [0.5, 0.6) is 0 Å². The van der Waals surface area contributed by atoms with Crippen LogP contribution in [0.25, 0.3) is 0 Å². The van der Waals surface area contributed by atoms with Gasteiger partial charge in [0.1, 0.15) is 10.8 Å². The maximum Gasteiger partial charge on any atom is 0.318 e. The minimum absolute atomic E-state index is 0.0450. The predicted octanol–water partition coefficient (Wildman–Crippen LogP) is 6.10. The molecule has 0 fully saturated rings. The smallest absolute Gasteiger partial charge is 0.318 e. The summed E-state index contributed by atoms with van der Waals surface area (Å²) in [6.45, 7) is 7.94. The largest absolute Gasteiger partial charge is 0.480 e. The lowest BCUT2D eigenvalue weighted by Gasteiger charge is -2.39. The number of rotatable bonds is 4. The molecule has 31 heavy (non-hydrogen) atoms. The zero-order valence-corrected chi connectivity index (χ0v) is 19.5. The molecule has 2 unspecified atom stereocenters. The highest BCUT2D eigenvalue weighted by Crippen LogP contribution is 2.48. The van der Waals surface area contributed by atoms with Crippen molar-refractivity contribution in [3.63, 3.8) is 0 Å². The number of benzene rings is 1. The van der Waals surface area contributed by atoms with Crippen molar-refractivity contribution in [2.45, 2.75) is 56.8 Å². The Kier molecular flexibility index (Phi) is 6.03. The van der Waals surface area contributed by atoms with Crippen LogP contribution in [0.2, 0.25) is 0 Å². The first-order valence-electron chi connectivity index (χ1n) is 10.0. The number of aryl methyl sites for hydroxylation is 1. The molecule has 2 atom stereocenters. The quantitative estimate of drug-likeness (QED) is 0.568. The van der Waals surface area contributed by atoms with Crippen LogP contribution in [0.1, 0.15) is 55.9 Å². The van der Waals surface area contributed by atoms with Gasteiger partial charge in [0.2, 0.25) is 0 Å². The molecule has 2 aliphatic carbocycles. The van der Waals surface area contributed by atoms with Gasteiger partial charge in [-0.25, -0.2) is 0 Å². The van der Waals surface area contributed by atoms with Crippen LogP contribution in [-0.4, -0.2) is 22.2 Å². The molecule has 0 aliphatic heterocycles. The molecule has 2 aliphatic rings. The summed E-state index contributed by atoms with van der Waals surface area (Å²) < 4.78 is 0. The van der Waals surface area contributed by atoms with Gasteiger partial charge >= 0.3 is 11.9 Å². The Bertz CT molecular complexity index is 1070. The van der Waals surface area contributed by atoms with Gasteiger partial charge in [0.05, 0.1) is 0 Å². The van der Waals surface area contributed by atoms with Crippen molar-refractivity contribution in [2.75, 3.05) is 0 Å². The van der Waals surface area contributed by atoms with Crippen molar-refractivity contribution in [3.8, 4) is 0 Å². The summed E-state index contributed by atoms with van der Waals surface area (Å²) in [7, 11) is 0. The van der Waals surface area contributed by atoms with E-state index in [9.17, 15) is 19.8 Å². The van der Waals surface area contributed by atoms with Gasteiger partial charge in [0, 0.05) is 22.9 Å². The standard InChI is InChI=1S/C25H26Cl2O4/c1-15-11-16(23(2,3)4)12-19(24(21(28)29)9-5-7-17(26)13-24)20(15)25(22(30)31)10-6-8-18(27)14-25/h5-12H,13-14H2,1-4H3,(H,28,29)(H,30,31). The summed E-state index contributed by atoms with van der Waals surface area (Å²) in [6.07, 6.45) is 9.87. The second-order valence-electron chi connectivity index (χ2n) is 9.32. The SMILES string of the molecule is Cc1cc(C(C)(C)C)cc(C2(C(=O)O)C=CC=C(Cl)C2)c1C1(C(=O)O)C=CC=C(Cl)C1. The predicted molar refractivity (Wildman–Crippen MR) is 124 cm³/mol. The summed E-state index contributed by atoms with van der Waals surface area (Å²) in [5.74, 6) is -2.16. The third-order valence-electron chi connectivity index (χ3n) is 6.10. The Morgan fingerprint density at radius 1 is 0.903 bits per heavy atom. The van der Waals surface area contributed by atoms with Gasteiger partial charge < -0.3 is 10.2 Å². The van der Waals surface area contributed by atoms with E-state index in [1.165, 1.54) is 0 Å². The molecule has 0 saturated carbocycles. The van der Waals surface area contributed by atoms with Crippen LogP contribution >= 0.6 is 23.2 Å². The number of carboxylic acids is 2. The lowest BCUT2D eigenvalue weighted by molar-refractivity contribution is -0.143. The molecule has 0 aromatic heterocycles. The minimum atomic E-state index is -1.49. The topological polar surface area (TPSA) is 74.6 Å². The first-order chi connectivity index (χ1) is 14.3. The molecule has 4 nitrogen and oxygen atoms in total. The molecular weight excluding hydrogens is 435 g/mol. The van der Waals surface area contributed by atoms with Gasteiger partial charge in [-0.3, -0.25) is 9.59 Å². The Labute approximate surface area is 192 Å². The fourth-order valence-corrected chi connectivity index (χ4v) is 5.01. The zero-order chi connectivity index (χ0) is 23.2. The van der Waals surface area contributed by atoms with Crippen molar-refractivity contribution >= 4 is 35.1 Å². The van der Waals surface area contributed by atoms with E-state index >= 15 is 0 Å². The lowest BCUT2D eigenvalue weighted by atomic mass is 9.63. The van der Waals surface area contributed by atoms with E-state index in [1.807, 2.05) is 39.8 Å². The van der Waals surface area contributed by atoms with Gasteiger partial charge in [-0.15, -0.1) is 0 Å². The fraction of sp³-hybridized carbons (Fsp3) is 0.360. The van der Waals surface area contributed by atoms with Crippen LogP contribution in [-0.2, 0) is 25.8 Å². The van der Waals surface area contributed by atoms with Crippen LogP contribution in [0.15, 0.2) is 58.7 Å². The van der Waals surface area contributed by atoms with E-state index in [2.05, 4.69) is 0 Å². The first-order valence-corrected chi connectivity index (χ1v) is 10.8. The number of halogens is 2. The normalized spacial score (nSPS) is 25.7. The van der Waals surface area contributed by atoms with E-state index in [0.29, 0.717) is 26.8 Å². The molecule has 0 amide bonds. The molecule has 0 spiro atoms. The molecule has 0 bridgehead atoms. The average Bonchev–Trinajstić information content (AvgIpc) is 2.66. The zero-order valence-electron chi connectivity index (χ0n) is 18.0. The fourth-order valence-electron chi connectivity index (χ4n) is 4.44. The molecule has 2 N–H and O–H groups in total. The van der Waals surface area contributed by atoms with E-state index in [0.717, 1.165) is 5.56 Å². The van der Waals surface area contributed by atoms with E-state index in [1.54, 1.807) is 36.5 Å². The maximum atomic E-state index is 12.7. The molecule has 0 radical (unpaired) electrons. The maximum absolute atomic E-state index is 12.7. The van der Waals surface area contributed by atoms with Crippen molar-refractivity contribution in [2.24, 2.45) is 0 Å². The average molecular weight is 461 g/mol.